The summed E-state index contributed by atoms with van der Waals surface area (Å²) in [4.78, 5) is 14.3. The highest BCUT2D eigenvalue weighted by Crippen LogP contribution is 2.28. The SMILES string of the molecule is O=C(CCOc1ccccc1)N1CCCCC1c1nn[nH]n1. The zero-order valence-electron chi connectivity index (χ0n) is 12.3. The minimum absolute atomic E-state index is 0.0725. The molecule has 1 fully saturated rings. The highest BCUT2D eigenvalue weighted by molar-refractivity contribution is 5.76. The molecule has 0 spiro atoms. The van der Waals surface area contributed by atoms with Crippen molar-refractivity contribution in [1.82, 2.24) is 25.5 Å². The molecular formula is C15H19N5O2. The number of H-pyrrole nitrogens is 1. The number of para-hydroxylation sites is 1. The van der Waals surface area contributed by atoms with Gasteiger partial charge in [0.15, 0.2) is 5.82 Å². The molecule has 1 aliphatic heterocycles. The van der Waals surface area contributed by atoms with Gasteiger partial charge in [-0.1, -0.05) is 23.4 Å². The third kappa shape index (κ3) is 3.41. The van der Waals surface area contributed by atoms with Crippen LogP contribution in [0.1, 0.15) is 37.5 Å². The number of aromatic amines is 1. The van der Waals surface area contributed by atoms with Gasteiger partial charge in [0.1, 0.15) is 5.75 Å². The molecule has 116 valence electrons. The Bertz CT molecular complexity index is 587. The Morgan fingerprint density at radius 3 is 2.95 bits per heavy atom. The lowest BCUT2D eigenvalue weighted by Crippen LogP contribution is -2.39. The van der Waals surface area contributed by atoms with E-state index in [1.807, 2.05) is 35.2 Å². The molecule has 2 heterocycles. The predicted octanol–water partition coefficient (Wildman–Crippen LogP) is 1.72. The van der Waals surface area contributed by atoms with E-state index in [9.17, 15) is 4.79 Å². The van der Waals surface area contributed by atoms with Gasteiger partial charge < -0.3 is 9.64 Å². The molecule has 7 nitrogen and oxygen atoms in total. The highest BCUT2D eigenvalue weighted by atomic mass is 16.5. The van der Waals surface area contributed by atoms with E-state index >= 15 is 0 Å². The summed E-state index contributed by atoms with van der Waals surface area (Å²) in [7, 11) is 0. The second-order valence-corrected chi connectivity index (χ2v) is 5.28. The highest BCUT2D eigenvalue weighted by Gasteiger charge is 2.30. The molecule has 1 aliphatic rings. The van der Waals surface area contributed by atoms with Crippen LogP contribution in [-0.2, 0) is 4.79 Å². The number of amides is 1. The van der Waals surface area contributed by atoms with E-state index in [1.165, 1.54) is 0 Å². The van der Waals surface area contributed by atoms with Crippen molar-refractivity contribution in [3.05, 3.63) is 36.2 Å². The fourth-order valence-electron chi connectivity index (χ4n) is 2.73. The number of benzene rings is 1. The van der Waals surface area contributed by atoms with Gasteiger partial charge in [0.05, 0.1) is 19.1 Å². The smallest absolute Gasteiger partial charge is 0.226 e. The van der Waals surface area contributed by atoms with Crippen LogP contribution in [0, 0.1) is 0 Å². The molecule has 1 amide bonds. The molecule has 1 saturated heterocycles. The van der Waals surface area contributed by atoms with Gasteiger partial charge >= 0.3 is 0 Å². The summed E-state index contributed by atoms with van der Waals surface area (Å²) in [6, 6.07) is 9.45. The van der Waals surface area contributed by atoms with Crippen molar-refractivity contribution in [2.24, 2.45) is 0 Å². The van der Waals surface area contributed by atoms with E-state index in [2.05, 4.69) is 20.6 Å². The number of nitrogens with one attached hydrogen (secondary N) is 1. The zero-order valence-corrected chi connectivity index (χ0v) is 12.3. The van der Waals surface area contributed by atoms with Crippen molar-refractivity contribution in [1.29, 1.82) is 0 Å². The number of ether oxygens (including phenoxy) is 1. The molecule has 22 heavy (non-hydrogen) atoms. The third-order valence-electron chi connectivity index (χ3n) is 3.81. The predicted molar refractivity (Wildman–Crippen MR) is 79.0 cm³/mol. The van der Waals surface area contributed by atoms with Crippen molar-refractivity contribution in [2.45, 2.75) is 31.7 Å². The van der Waals surface area contributed by atoms with E-state index in [0.717, 1.165) is 31.6 Å². The Labute approximate surface area is 128 Å². The summed E-state index contributed by atoms with van der Waals surface area (Å²) in [5.41, 5.74) is 0. The molecule has 1 aromatic heterocycles. The van der Waals surface area contributed by atoms with Crippen LogP contribution >= 0.6 is 0 Å². The van der Waals surface area contributed by atoms with Crippen LogP contribution in [0.4, 0.5) is 0 Å². The maximum atomic E-state index is 12.5. The second-order valence-electron chi connectivity index (χ2n) is 5.28. The summed E-state index contributed by atoms with van der Waals surface area (Å²) >= 11 is 0. The fraction of sp³-hybridized carbons (Fsp3) is 0.467. The third-order valence-corrected chi connectivity index (χ3v) is 3.81. The minimum Gasteiger partial charge on any atom is -0.493 e. The molecule has 0 saturated carbocycles. The maximum absolute atomic E-state index is 12.5. The fourth-order valence-corrected chi connectivity index (χ4v) is 2.73. The van der Waals surface area contributed by atoms with Gasteiger partial charge in [-0.15, -0.1) is 10.2 Å². The average Bonchev–Trinajstić information content (AvgIpc) is 3.10. The lowest BCUT2D eigenvalue weighted by molar-refractivity contribution is -0.135. The lowest BCUT2D eigenvalue weighted by Gasteiger charge is -2.33. The van der Waals surface area contributed by atoms with Crippen LogP contribution in [-0.4, -0.2) is 44.6 Å². The van der Waals surface area contributed by atoms with Crippen molar-refractivity contribution >= 4 is 5.91 Å². The van der Waals surface area contributed by atoms with Gasteiger partial charge in [-0.05, 0) is 31.4 Å². The van der Waals surface area contributed by atoms with Crippen molar-refractivity contribution in [2.75, 3.05) is 13.2 Å². The van der Waals surface area contributed by atoms with Gasteiger partial charge in [0, 0.05) is 6.54 Å². The maximum Gasteiger partial charge on any atom is 0.226 e. The summed E-state index contributed by atoms with van der Waals surface area (Å²) in [5.74, 6) is 1.45. The Balaban J connectivity index is 1.56. The van der Waals surface area contributed by atoms with Gasteiger partial charge in [-0.3, -0.25) is 4.79 Å². The van der Waals surface area contributed by atoms with Crippen LogP contribution in [0.15, 0.2) is 30.3 Å². The number of hydrogen-bond donors (Lipinski definition) is 1. The molecule has 7 heteroatoms. The van der Waals surface area contributed by atoms with Crippen LogP contribution in [0.25, 0.3) is 0 Å². The Kier molecular flexibility index (Phi) is 4.62. The summed E-state index contributed by atoms with van der Waals surface area (Å²) in [6.45, 7) is 1.11. The first-order valence-electron chi connectivity index (χ1n) is 7.55. The number of aromatic nitrogens is 4. The quantitative estimate of drug-likeness (QED) is 0.909. The van der Waals surface area contributed by atoms with Crippen molar-refractivity contribution < 1.29 is 9.53 Å². The van der Waals surface area contributed by atoms with Crippen LogP contribution in [0.3, 0.4) is 0 Å². The second kappa shape index (κ2) is 7.02. The van der Waals surface area contributed by atoms with E-state index in [4.69, 9.17) is 4.74 Å². The molecule has 0 bridgehead atoms. The van der Waals surface area contributed by atoms with Gasteiger partial charge in [0.25, 0.3) is 0 Å². The molecule has 1 N–H and O–H groups in total. The van der Waals surface area contributed by atoms with Crippen molar-refractivity contribution in [3.8, 4) is 5.75 Å². The molecule has 2 aromatic rings. The number of likely N-dealkylation sites (tertiary alicyclic amines) is 1. The first kappa shape index (κ1) is 14.5. The number of carbonyl (C=O) groups is 1. The van der Waals surface area contributed by atoms with Crippen molar-refractivity contribution in [3.63, 3.8) is 0 Å². The molecular weight excluding hydrogens is 282 g/mol. The van der Waals surface area contributed by atoms with Gasteiger partial charge in [0.2, 0.25) is 5.91 Å². The Morgan fingerprint density at radius 2 is 2.18 bits per heavy atom. The largest absolute Gasteiger partial charge is 0.493 e. The zero-order chi connectivity index (χ0) is 15.2. The monoisotopic (exact) mass is 301 g/mol. The molecule has 3 rings (SSSR count). The number of piperidine rings is 1. The van der Waals surface area contributed by atoms with E-state index < -0.39 is 0 Å². The summed E-state index contributed by atoms with van der Waals surface area (Å²) in [5, 5.41) is 14.1. The standard InChI is InChI=1S/C15H19N5O2/c21-14(9-11-22-12-6-2-1-3-7-12)20-10-5-4-8-13(20)15-16-18-19-17-15/h1-3,6-7,13H,4-5,8-11H2,(H,16,17,18,19). The van der Waals surface area contributed by atoms with Crippen LogP contribution in [0.5, 0.6) is 5.75 Å². The molecule has 0 aliphatic carbocycles. The van der Waals surface area contributed by atoms with Gasteiger partial charge in [-0.25, -0.2) is 0 Å². The number of tetrazole rings is 1. The molecule has 1 unspecified atom stereocenters. The Morgan fingerprint density at radius 1 is 1.32 bits per heavy atom. The summed E-state index contributed by atoms with van der Waals surface area (Å²) < 4.78 is 5.60. The first-order valence-corrected chi connectivity index (χ1v) is 7.55. The summed E-state index contributed by atoms with van der Waals surface area (Å²) in [6.07, 6.45) is 3.32. The van der Waals surface area contributed by atoms with E-state index in [1.54, 1.807) is 0 Å². The van der Waals surface area contributed by atoms with Gasteiger partial charge in [-0.2, -0.15) is 5.21 Å². The first-order chi connectivity index (χ1) is 10.8. The molecule has 0 radical (unpaired) electrons. The number of nitrogens with zero attached hydrogens (tertiary/aromatic N) is 4. The Hall–Kier alpha value is -2.44. The van der Waals surface area contributed by atoms with E-state index in [-0.39, 0.29) is 11.9 Å². The van der Waals surface area contributed by atoms with E-state index in [0.29, 0.717) is 18.9 Å². The van der Waals surface area contributed by atoms with Crippen LogP contribution in [0.2, 0.25) is 0 Å². The normalized spacial score (nSPS) is 18.2. The minimum atomic E-state index is -0.0725. The average molecular weight is 301 g/mol. The number of carbonyl (C=O) groups excluding carboxylic acids is 1. The number of rotatable bonds is 5. The lowest BCUT2D eigenvalue weighted by atomic mass is 10.0. The molecule has 1 aromatic carbocycles. The topological polar surface area (TPSA) is 84.0 Å². The van der Waals surface area contributed by atoms with Crippen LogP contribution < -0.4 is 4.74 Å². The number of hydrogen-bond acceptors (Lipinski definition) is 5. The molecule has 1 atom stereocenters.